The first-order valence-corrected chi connectivity index (χ1v) is 9.93. The topological polar surface area (TPSA) is 60.7 Å². The van der Waals surface area contributed by atoms with Crippen LogP contribution in [0.2, 0.25) is 0 Å². The second-order valence-electron chi connectivity index (χ2n) is 6.67. The van der Waals surface area contributed by atoms with Crippen molar-refractivity contribution < 1.29 is 23.8 Å². The molecule has 0 spiro atoms. The van der Waals surface area contributed by atoms with Crippen LogP contribution in [0.1, 0.15) is 11.1 Å². The van der Waals surface area contributed by atoms with E-state index < -0.39 is 6.16 Å². The van der Waals surface area contributed by atoms with Gasteiger partial charge in [0.2, 0.25) is 0 Å². The van der Waals surface area contributed by atoms with Crippen molar-refractivity contribution in [3.63, 3.8) is 0 Å². The number of hydrogen-bond donors (Lipinski definition) is 1. The molecule has 1 aromatic heterocycles. The Hall–Kier alpha value is -3.32. The summed E-state index contributed by atoms with van der Waals surface area (Å²) < 4.78 is 26.9. The molecule has 5 nitrogen and oxygen atoms in total. The molecule has 0 aliphatic heterocycles. The van der Waals surface area contributed by atoms with Gasteiger partial charge in [-0.25, -0.2) is 9.18 Å². The van der Waals surface area contributed by atoms with Crippen LogP contribution in [0.3, 0.4) is 0 Å². The Morgan fingerprint density at radius 1 is 1.03 bits per heavy atom. The Morgan fingerprint density at radius 3 is 2.60 bits per heavy atom. The van der Waals surface area contributed by atoms with Crippen molar-refractivity contribution in [1.82, 2.24) is 4.57 Å². The van der Waals surface area contributed by atoms with Gasteiger partial charge in [-0.05, 0) is 54.1 Å². The first kappa shape index (κ1) is 20.0. The molecule has 152 valence electrons. The van der Waals surface area contributed by atoms with Crippen LogP contribution in [0.15, 0.2) is 77.4 Å². The smallest absolute Gasteiger partial charge is 0.489 e. The van der Waals surface area contributed by atoms with Gasteiger partial charge in [-0.2, -0.15) is 0 Å². The maximum Gasteiger partial charge on any atom is 0.511 e. The highest BCUT2D eigenvalue weighted by Gasteiger charge is 2.12. The molecule has 1 heterocycles. The van der Waals surface area contributed by atoms with E-state index in [0.29, 0.717) is 30.0 Å². The standard InChI is InChI=1S/C23H17BrFNO4/c24-17-6-9-21(29-14-15-4-7-18(25)8-5-15)16(12-17)13-26-11-10-19-20(26)2-1-3-22(19)30-23(27)28/h1-12H,13-14H2,(H,27,28). The van der Waals surface area contributed by atoms with E-state index in [1.165, 1.54) is 12.1 Å². The fraction of sp³-hybridized carbons (Fsp3) is 0.0870. The van der Waals surface area contributed by atoms with Crippen LogP contribution in [-0.2, 0) is 13.2 Å². The lowest BCUT2D eigenvalue weighted by molar-refractivity contribution is 0.145. The summed E-state index contributed by atoms with van der Waals surface area (Å²) in [5, 5.41) is 9.64. The third-order valence-electron chi connectivity index (χ3n) is 4.64. The van der Waals surface area contributed by atoms with Crippen LogP contribution in [0, 0.1) is 5.82 Å². The summed E-state index contributed by atoms with van der Waals surface area (Å²) in [5.41, 5.74) is 2.65. The highest BCUT2D eigenvalue weighted by Crippen LogP contribution is 2.30. The Morgan fingerprint density at radius 2 is 1.83 bits per heavy atom. The second kappa shape index (κ2) is 8.59. The number of rotatable bonds is 6. The largest absolute Gasteiger partial charge is 0.511 e. The van der Waals surface area contributed by atoms with E-state index in [-0.39, 0.29) is 5.82 Å². The third-order valence-corrected chi connectivity index (χ3v) is 5.14. The Balaban J connectivity index is 1.60. The number of halogens is 2. The Labute approximate surface area is 180 Å². The van der Waals surface area contributed by atoms with Crippen molar-refractivity contribution in [2.24, 2.45) is 0 Å². The fourth-order valence-corrected chi connectivity index (χ4v) is 3.66. The van der Waals surface area contributed by atoms with Gasteiger partial charge in [0.05, 0.1) is 12.1 Å². The van der Waals surface area contributed by atoms with Gasteiger partial charge in [0, 0.05) is 21.6 Å². The molecule has 0 unspecified atom stereocenters. The Kier molecular flexibility index (Phi) is 5.72. The molecule has 0 radical (unpaired) electrons. The van der Waals surface area contributed by atoms with E-state index in [1.54, 1.807) is 24.3 Å². The lowest BCUT2D eigenvalue weighted by atomic mass is 10.2. The number of nitrogens with zero attached hydrogens (tertiary/aromatic N) is 1. The molecule has 4 aromatic rings. The molecule has 0 saturated heterocycles. The zero-order valence-electron chi connectivity index (χ0n) is 15.7. The summed E-state index contributed by atoms with van der Waals surface area (Å²) in [4.78, 5) is 10.9. The van der Waals surface area contributed by atoms with E-state index in [9.17, 15) is 9.18 Å². The van der Waals surface area contributed by atoms with Crippen molar-refractivity contribution in [3.05, 3.63) is 94.3 Å². The van der Waals surface area contributed by atoms with Crippen molar-refractivity contribution in [1.29, 1.82) is 0 Å². The minimum absolute atomic E-state index is 0.284. The molecule has 0 atom stereocenters. The summed E-state index contributed by atoms with van der Waals surface area (Å²) in [7, 11) is 0. The first-order valence-electron chi connectivity index (χ1n) is 9.14. The quantitative estimate of drug-likeness (QED) is 0.268. The highest BCUT2D eigenvalue weighted by molar-refractivity contribution is 9.10. The molecule has 30 heavy (non-hydrogen) atoms. The van der Waals surface area contributed by atoms with Gasteiger partial charge >= 0.3 is 6.16 Å². The van der Waals surface area contributed by atoms with Crippen LogP contribution >= 0.6 is 15.9 Å². The van der Waals surface area contributed by atoms with Crippen LogP contribution in [0.5, 0.6) is 11.5 Å². The van der Waals surface area contributed by atoms with Crippen LogP contribution in [-0.4, -0.2) is 15.8 Å². The molecule has 0 aliphatic carbocycles. The number of benzene rings is 3. The molecule has 0 aliphatic rings. The summed E-state index contributed by atoms with van der Waals surface area (Å²) >= 11 is 3.50. The maximum absolute atomic E-state index is 13.1. The monoisotopic (exact) mass is 469 g/mol. The van der Waals surface area contributed by atoms with Crippen LogP contribution < -0.4 is 9.47 Å². The molecule has 4 rings (SSSR count). The zero-order chi connectivity index (χ0) is 21.1. The predicted octanol–water partition coefficient (Wildman–Crippen LogP) is 6.23. The van der Waals surface area contributed by atoms with Gasteiger partial charge in [-0.1, -0.05) is 34.1 Å². The zero-order valence-corrected chi connectivity index (χ0v) is 17.3. The van der Waals surface area contributed by atoms with Gasteiger partial charge in [0.25, 0.3) is 0 Å². The lowest BCUT2D eigenvalue weighted by Crippen LogP contribution is -2.04. The van der Waals surface area contributed by atoms with Gasteiger partial charge in [-0.15, -0.1) is 0 Å². The van der Waals surface area contributed by atoms with Crippen molar-refractivity contribution >= 4 is 33.0 Å². The van der Waals surface area contributed by atoms with E-state index in [2.05, 4.69) is 15.9 Å². The second-order valence-corrected chi connectivity index (χ2v) is 7.58. The summed E-state index contributed by atoms with van der Waals surface area (Å²) in [5.74, 6) is 0.719. The number of ether oxygens (including phenoxy) is 2. The molecule has 0 saturated carbocycles. The lowest BCUT2D eigenvalue weighted by Gasteiger charge is -2.14. The molecule has 3 aromatic carbocycles. The average Bonchev–Trinajstić information content (AvgIpc) is 3.12. The summed E-state index contributed by atoms with van der Waals surface area (Å²) in [6.45, 7) is 0.830. The molecule has 0 fully saturated rings. The Bertz CT molecular complexity index is 1200. The minimum Gasteiger partial charge on any atom is -0.489 e. The van der Waals surface area contributed by atoms with Gasteiger partial charge in [0.15, 0.2) is 0 Å². The molecule has 1 N–H and O–H groups in total. The molecular weight excluding hydrogens is 453 g/mol. The van der Waals surface area contributed by atoms with Crippen LogP contribution in [0.25, 0.3) is 10.9 Å². The minimum atomic E-state index is -1.35. The van der Waals surface area contributed by atoms with E-state index in [1.807, 2.05) is 41.1 Å². The molecule has 7 heteroatoms. The van der Waals surface area contributed by atoms with E-state index in [4.69, 9.17) is 14.6 Å². The number of fused-ring (bicyclic) bond motifs is 1. The van der Waals surface area contributed by atoms with Crippen molar-refractivity contribution in [2.75, 3.05) is 0 Å². The molecule has 0 bridgehead atoms. The van der Waals surface area contributed by atoms with Crippen LogP contribution in [0.4, 0.5) is 9.18 Å². The highest BCUT2D eigenvalue weighted by atomic mass is 79.9. The molecular formula is C23H17BrFNO4. The predicted molar refractivity (Wildman–Crippen MR) is 115 cm³/mol. The van der Waals surface area contributed by atoms with Crippen molar-refractivity contribution in [2.45, 2.75) is 13.2 Å². The van der Waals surface area contributed by atoms with Gasteiger partial charge < -0.3 is 19.1 Å². The number of carbonyl (C=O) groups is 1. The van der Waals surface area contributed by atoms with E-state index >= 15 is 0 Å². The summed E-state index contributed by atoms with van der Waals surface area (Å²) in [6, 6.07) is 19.1. The normalized spacial score (nSPS) is 10.9. The maximum atomic E-state index is 13.1. The number of carboxylic acid groups (broad SMARTS) is 1. The first-order chi connectivity index (χ1) is 14.5. The number of hydrogen-bond acceptors (Lipinski definition) is 3. The number of aromatic nitrogens is 1. The summed E-state index contributed by atoms with van der Waals surface area (Å²) in [6.07, 6.45) is 0.531. The van der Waals surface area contributed by atoms with Gasteiger partial charge in [0.1, 0.15) is 23.9 Å². The third kappa shape index (κ3) is 4.46. The molecule has 0 amide bonds. The average molecular weight is 470 g/mol. The van der Waals surface area contributed by atoms with Gasteiger partial charge in [-0.3, -0.25) is 0 Å². The fourth-order valence-electron chi connectivity index (χ4n) is 3.25. The van der Waals surface area contributed by atoms with E-state index in [0.717, 1.165) is 21.1 Å². The SMILES string of the molecule is O=C(O)Oc1cccc2c1ccn2Cc1cc(Br)ccc1OCc1ccc(F)cc1. The van der Waals surface area contributed by atoms with Crippen molar-refractivity contribution in [3.8, 4) is 11.5 Å².